The lowest BCUT2D eigenvalue weighted by Crippen LogP contribution is -2.34. The highest BCUT2D eigenvalue weighted by molar-refractivity contribution is 7.99. The monoisotopic (exact) mass is 485 g/mol. The van der Waals surface area contributed by atoms with Crippen LogP contribution in [0.4, 0.5) is 4.39 Å². The predicted molar refractivity (Wildman–Crippen MR) is 125 cm³/mol. The number of aromatic nitrogens is 4. The van der Waals surface area contributed by atoms with Crippen LogP contribution in [0, 0.1) is 5.82 Å². The molecule has 6 rings (SSSR count). The number of fused-ring (bicyclic) bond motifs is 2. The van der Waals surface area contributed by atoms with Crippen molar-refractivity contribution in [3.63, 3.8) is 0 Å². The van der Waals surface area contributed by atoms with Gasteiger partial charge in [0, 0.05) is 10.6 Å². The second-order valence-corrected chi connectivity index (χ2v) is 10.8. The Kier molecular flexibility index (Phi) is 5.42. The molecule has 0 amide bonds. The number of imidazole rings is 1. The van der Waals surface area contributed by atoms with Gasteiger partial charge in [-0.25, -0.2) is 19.3 Å². The Balaban J connectivity index is 1.32. The number of halogens is 1. The third-order valence-corrected chi connectivity index (χ3v) is 8.10. The Hall–Kier alpha value is -2.11. The fourth-order valence-corrected chi connectivity index (χ4v) is 6.39. The van der Waals surface area contributed by atoms with Crippen molar-refractivity contribution in [1.29, 1.82) is 0 Å². The number of ether oxygens (including phenoxy) is 3. The fourth-order valence-electron chi connectivity index (χ4n) is 5.40. The second kappa shape index (κ2) is 8.23. The number of hydrogen-bond acceptors (Lipinski definition) is 8. The third-order valence-electron chi connectivity index (χ3n) is 6.97. The van der Waals surface area contributed by atoms with Crippen LogP contribution in [0.1, 0.15) is 51.5 Å². The SMILES string of the molecule is CC1(C)O[C@@H]2[C@@H](O1)[C@@H](CSc1ccccc1F)O[C@H]2n1cnc2c(C3(N)CCCC3)ncnc21. The van der Waals surface area contributed by atoms with Crippen LogP contribution < -0.4 is 5.73 Å². The first kappa shape index (κ1) is 22.4. The van der Waals surface area contributed by atoms with Gasteiger partial charge in [-0.05, 0) is 38.8 Å². The highest BCUT2D eigenvalue weighted by atomic mass is 32.2. The van der Waals surface area contributed by atoms with E-state index in [9.17, 15) is 4.39 Å². The molecule has 0 unspecified atom stereocenters. The van der Waals surface area contributed by atoms with Gasteiger partial charge in [-0.1, -0.05) is 25.0 Å². The van der Waals surface area contributed by atoms with Crippen molar-refractivity contribution in [1.82, 2.24) is 19.5 Å². The van der Waals surface area contributed by atoms with Crippen LogP contribution in [0.25, 0.3) is 11.2 Å². The van der Waals surface area contributed by atoms with E-state index in [4.69, 9.17) is 19.9 Å². The van der Waals surface area contributed by atoms with Crippen LogP contribution in [-0.2, 0) is 19.7 Å². The predicted octanol–water partition coefficient (Wildman–Crippen LogP) is 3.90. The van der Waals surface area contributed by atoms with Crippen LogP contribution in [-0.4, -0.2) is 49.4 Å². The number of benzene rings is 1. The average Bonchev–Trinajstić information content (AvgIpc) is 3.56. The fraction of sp³-hybridized carbons (Fsp3) is 0.542. The van der Waals surface area contributed by atoms with Crippen LogP contribution >= 0.6 is 11.8 Å². The number of nitrogens with two attached hydrogens (primary N) is 1. The van der Waals surface area contributed by atoms with E-state index in [1.54, 1.807) is 24.8 Å². The van der Waals surface area contributed by atoms with Gasteiger partial charge in [0.15, 0.2) is 17.7 Å². The Labute approximate surface area is 201 Å². The first-order chi connectivity index (χ1) is 16.3. The zero-order valence-electron chi connectivity index (χ0n) is 19.2. The summed E-state index contributed by atoms with van der Waals surface area (Å²) in [6.07, 6.45) is 5.79. The van der Waals surface area contributed by atoms with Crippen molar-refractivity contribution < 1.29 is 18.6 Å². The van der Waals surface area contributed by atoms with E-state index in [-0.39, 0.29) is 24.1 Å². The summed E-state index contributed by atoms with van der Waals surface area (Å²) < 4.78 is 35.0. The van der Waals surface area contributed by atoms with Crippen molar-refractivity contribution in [3.05, 3.63) is 48.4 Å². The smallest absolute Gasteiger partial charge is 0.166 e. The normalized spacial score (nSPS) is 29.6. The topological polar surface area (TPSA) is 97.3 Å². The molecule has 4 heterocycles. The maximum atomic E-state index is 14.2. The van der Waals surface area contributed by atoms with E-state index in [2.05, 4.69) is 15.0 Å². The molecule has 3 aromatic rings. The molecule has 2 saturated heterocycles. The van der Waals surface area contributed by atoms with Gasteiger partial charge in [-0.3, -0.25) is 4.57 Å². The number of nitrogens with zero attached hydrogens (tertiary/aromatic N) is 4. The minimum Gasteiger partial charge on any atom is -0.348 e. The molecule has 34 heavy (non-hydrogen) atoms. The largest absolute Gasteiger partial charge is 0.348 e. The summed E-state index contributed by atoms with van der Waals surface area (Å²) in [4.78, 5) is 14.3. The number of rotatable bonds is 5. The summed E-state index contributed by atoms with van der Waals surface area (Å²) in [7, 11) is 0. The average molecular weight is 486 g/mol. The van der Waals surface area contributed by atoms with Gasteiger partial charge in [0.05, 0.1) is 23.7 Å². The molecule has 1 aromatic carbocycles. The van der Waals surface area contributed by atoms with Crippen LogP contribution in [0.2, 0.25) is 0 Å². The van der Waals surface area contributed by atoms with E-state index >= 15 is 0 Å². The molecule has 2 aliphatic heterocycles. The molecule has 2 N–H and O–H groups in total. The van der Waals surface area contributed by atoms with Gasteiger partial charge < -0.3 is 19.9 Å². The maximum absolute atomic E-state index is 14.2. The van der Waals surface area contributed by atoms with Crippen molar-refractivity contribution in [2.75, 3.05) is 5.75 Å². The van der Waals surface area contributed by atoms with Gasteiger partial charge in [0.2, 0.25) is 0 Å². The summed E-state index contributed by atoms with van der Waals surface area (Å²) in [5.74, 6) is -0.466. The van der Waals surface area contributed by atoms with Crippen molar-refractivity contribution >= 4 is 22.9 Å². The molecule has 3 aliphatic rings. The molecule has 0 bridgehead atoms. The lowest BCUT2D eigenvalue weighted by molar-refractivity contribution is -0.193. The van der Waals surface area contributed by atoms with Gasteiger partial charge in [0.25, 0.3) is 0 Å². The molecule has 10 heteroatoms. The van der Waals surface area contributed by atoms with Gasteiger partial charge in [-0.15, -0.1) is 11.8 Å². The summed E-state index contributed by atoms with van der Waals surface area (Å²) >= 11 is 1.41. The quantitative estimate of drug-likeness (QED) is 0.544. The van der Waals surface area contributed by atoms with Crippen molar-refractivity contribution in [2.24, 2.45) is 5.73 Å². The Morgan fingerprint density at radius 1 is 1.12 bits per heavy atom. The maximum Gasteiger partial charge on any atom is 0.166 e. The summed E-state index contributed by atoms with van der Waals surface area (Å²) in [5, 5.41) is 0. The van der Waals surface area contributed by atoms with E-state index in [0.29, 0.717) is 21.8 Å². The van der Waals surface area contributed by atoms with Gasteiger partial charge in [-0.2, -0.15) is 0 Å². The highest BCUT2D eigenvalue weighted by Crippen LogP contribution is 2.45. The molecule has 1 aliphatic carbocycles. The zero-order valence-corrected chi connectivity index (χ0v) is 20.0. The third kappa shape index (κ3) is 3.72. The molecule has 0 spiro atoms. The van der Waals surface area contributed by atoms with Crippen LogP contribution in [0.3, 0.4) is 0 Å². The van der Waals surface area contributed by atoms with E-state index in [1.807, 2.05) is 24.5 Å². The van der Waals surface area contributed by atoms with Crippen molar-refractivity contribution in [2.45, 2.75) is 80.3 Å². The minimum absolute atomic E-state index is 0.241. The standard InChI is InChI=1S/C24H28FN5O3S/c1-23(2)32-18-15(11-34-16-8-4-3-7-14(16)25)31-22(19(18)33-23)30-13-29-17-20(27-12-28-21(17)30)24(26)9-5-6-10-24/h3-4,7-8,12-13,15,18-19,22H,5-6,9-11,26H2,1-2H3/t15-,18+,19-,22-/m1/s1. The molecule has 2 aromatic heterocycles. The van der Waals surface area contributed by atoms with E-state index in [1.165, 1.54) is 17.8 Å². The van der Waals surface area contributed by atoms with E-state index in [0.717, 1.165) is 31.4 Å². The molecule has 8 nitrogen and oxygen atoms in total. The molecular weight excluding hydrogens is 457 g/mol. The molecule has 4 atom stereocenters. The molecule has 3 fully saturated rings. The van der Waals surface area contributed by atoms with Crippen molar-refractivity contribution in [3.8, 4) is 0 Å². The highest BCUT2D eigenvalue weighted by Gasteiger charge is 2.56. The van der Waals surface area contributed by atoms with Crippen LogP contribution in [0.15, 0.2) is 41.8 Å². The summed E-state index contributed by atoms with van der Waals surface area (Å²) in [6.45, 7) is 3.79. The first-order valence-corrected chi connectivity index (χ1v) is 12.7. The lowest BCUT2D eigenvalue weighted by Gasteiger charge is -2.25. The molecular formula is C24H28FN5O3S. The van der Waals surface area contributed by atoms with E-state index < -0.39 is 17.6 Å². The van der Waals surface area contributed by atoms with Gasteiger partial charge >= 0.3 is 0 Å². The minimum atomic E-state index is -0.750. The van der Waals surface area contributed by atoms with Crippen LogP contribution in [0.5, 0.6) is 0 Å². The lowest BCUT2D eigenvalue weighted by atomic mass is 9.94. The summed E-state index contributed by atoms with van der Waals surface area (Å²) in [6, 6.07) is 6.75. The zero-order chi connectivity index (χ0) is 23.5. The molecule has 180 valence electrons. The Morgan fingerprint density at radius 2 is 1.88 bits per heavy atom. The Morgan fingerprint density at radius 3 is 2.68 bits per heavy atom. The molecule has 1 saturated carbocycles. The first-order valence-electron chi connectivity index (χ1n) is 11.7. The number of hydrogen-bond donors (Lipinski definition) is 1. The number of thioether (sulfide) groups is 1. The second-order valence-electron chi connectivity index (χ2n) is 9.78. The van der Waals surface area contributed by atoms with Gasteiger partial charge in [0.1, 0.15) is 29.9 Å². The summed E-state index contributed by atoms with van der Waals surface area (Å²) in [5.41, 5.74) is 8.39. The Bertz CT molecular complexity index is 1210. The molecule has 0 radical (unpaired) electrons.